The molecule has 1 heterocycles. The number of furan rings is 1. The van der Waals surface area contributed by atoms with Crippen molar-refractivity contribution in [3.8, 4) is 0 Å². The maximum Gasteiger partial charge on any atom is 0.253 e. The Hall–Kier alpha value is -0.900. The molecule has 15 heavy (non-hydrogen) atoms. The molecule has 0 amide bonds. The van der Waals surface area contributed by atoms with Crippen molar-refractivity contribution < 1.29 is 13.2 Å². The lowest BCUT2D eigenvalue weighted by molar-refractivity contribution is 0.100. The van der Waals surface area contributed by atoms with E-state index in [0.717, 1.165) is 18.6 Å². The van der Waals surface area contributed by atoms with Gasteiger partial charge in [0.1, 0.15) is 5.76 Å². The summed E-state index contributed by atoms with van der Waals surface area (Å²) in [5.41, 5.74) is 0. The number of aryl methyl sites for hydroxylation is 1. The van der Waals surface area contributed by atoms with Gasteiger partial charge in [-0.15, -0.1) is 0 Å². The van der Waals surface area contributed by atoms with E-state index in [2.05, 4.69) is 5.32 Å². The van der Waals surface area contributed by atoms with E-state index in [-0.39, 0.29) is 6.04 Å². The minimum atomic E-state index is -2.31. The molecule has 1 aromatic rings. The van der Waals surface area contributed by atoms with Crippen LogP contribution in [0.25, 0.3) is 0 Å². The van der Waals surface area contributed by atoms with Gasteiger partial charge in [0.05, 0.1) is 12.3 Å². The fourth-order valence-electron chi connectivity index (χ4n) is 1.42. The summed E-state index contributed by atoms with van der Waals surface area (Å²) in [5.74, 6) is 0.897. The topological polar surface area (TPSA) is 25.2 Å². The first-order valence-electron chi connectivity index (χ1n) is 5.16. The van der Waals surface area contributed by atoms with Gasteiger partial charge >= 0.3 is 0 Å². The lowest BCUT2D eigenvalue weighted by Gasteiger charge is -2.18. The molecule has 2 nitrogen and oxygen atoms in total. The predicted octanol–water partition coefficient (Wildman–Crippen LogP) is 2.84. The molecule has 0 aromatic carbocycles. The second-order valence-corrected chi connectivity index (χ2v) is 3.81. The largest absolute Gasteiger partial charge is 0.469 e. The van der Waals surface area contributed by atoms with E-state index >= 15 is 0 Å². The predicted molar refractivity (Wildman–Crippen MR) is 55.1 cm³/mol. The van der Waals surface area contributed by atoms with Gasteiger partial charge in [0.25, 0.3) is 6.43 Å². The maximum atomic E-state index is 12.2. The minimum absolute atomic E-state index is 0.0686. The number of halogens is 2. The zero-order chi connectivity index (χ0) is 11.3. The van der Waals surface area contributed by atoms with Crippen molar-refractivity contribution in [1.82, 2.24) is 5.32 Å². The molecule has 0 radical (unpaired) electrons. The molecule has 0 bridgehead atoms. The summed E-state index contributed by atoms with van der Waals surface area (Å²) in [6.45, 7) is 3.40. The fraction of sp³-hybridized carbons (Fsp3) is 0.636. The van der Waals surface area contributed by atoms with Gasteiger partial charge in [0, 0.05) is 12.5 Å². The van der Waals surface area contributed by atoms with Gasteiger partial charge in [-0.25, -0.2) is 8.78 Å². The molecular weight excluding hydrogens is 200 g/mol. The van der Waals surface area contributed by atoms with Gasteiger partial charge in [-0.2, -0.15) is 0 Å². The van der Waals surface area contributed by atoms with Crippen molar-refractivity contribution in [1.29, 1.82) is 0 Å². The van der Waals surface area contributed by atoms with Gasteiger partial charge in [-0.1, -0.05) is 0 Å². The van der Waals surface area contributed by atoms with E-state index < -0.39 is 12.5 Å². The van der Waals surface area contributed by atoms with E-state index in [9.17, 15) is 8.78 Å². The number of nitrogens with one attached hydrogen (secondary N) is 1. The molecule has 2 unspecified atom stereocenters. The van der Waals surface area contributed by atoms with Crippen LogP contribution in [-0.2, 0) is 6.42 Å². The Bertz CT molecular complexity index is 262. The van der Waals surface area contributed by atoms with Crippen molar-refractivity contribution in [2.75, 3.05) is 0 Å². The van der Waals surface area contributed by atoms with E-state index in [0.29, 0.717) is 0 Å². The number of rotatable bonds is 6. The molecule has 0 spiro atoms. The minimum Gasteiger partial charge on any atom is -0.469 e. The number of hydrogen-bond acceptors (Lipinski definition) is 2. The van der Waals surface area contributed by atoms with E-state index in [1.54, 1.807) is 6.26 Å². The van der Waals surface area contributed by atoms with Gasteiger partial charge in [-0.3, -0.25) is 0 Å². The van der Waals surface area contributed by atoms with Crippen molar-refractivity contribution in [2.24, 2.45) is 0 Å². The first-order chi connectivity index (χ1) is 7.09. The molecule has 0 fully saturated rings. The molecule has 4 heteroatoms. The van der Waals surface area contributed by atoms with Gasteiger partial charge in [0.2, 0.25) is 0 Å². The molecular formula is C11H17F2NO. The van der Waals surface area contributed by atoms with E-state index in [4.69, 9.17) is 4.42 Å². The third kappa shape index (κ3) is 4.42. The Labute approximate surface area is 88.7 Å². The Balaban J connectivity index is 2.21. The fourth-order valence-corrected chi connectivity index (χ4v) is 1.42. The van der Waals surface area contributed by atoms with E-state index in [1.807, 2.05) is 19.1 Å². The molecule has 0 saturated heterocycles. The van der Waals surface area contributed by atoms with Crippen molar-refractivity contribution in [2.45, 2.75) is 45.2 Å². The average molecular weight is 217 g/mol. The molecule has 1 N–H and O–H groups in total. The van der Waals surface area contributed by atoms with Gasteiger partial charge in [-0.05, 0) is 32.4 Å². The lowest BCUT2D eigenvalue weighted by Crippen LogP contribution is -2.39. The summed E-state index contributed by atoms with van der Waals surface area (Å²) in [7, 11) is 0. The number of alkyl halides is 2. The molecule has 0 aliphatic carbocycles. The highest BCUT2D eigenvalue weighted by molar-refractivity contribution is 4.98. The van der Waals surface area contributed by atoms with Gasteiger partial charge < -0.3 is 9.73 Å². The highest BCUT2D eigenvalue weighted by Gasteiger charge is 2.16. The standard InChI is InChI=1S/C11H17F2NO/c1-8(14-9(2)11(12)13)5-6-10-4-3-7-15-10/h3-4,7-9,11,14H,5-6H2,1-2H3. The first-order valence-corrected chi connectivity index (χ1v) is 5.16. The molecule has 0 aliphatic heterocycles. The van der Waals surface area contributed by atoms with Crippen LogP contribution in [0.2, 0.25) is 0 Å². The second kappa shape index (κ2) is 5.85. The molecule has 2 atom stereocenters. The van der Waals surface area contributed by atoms with Crippen LogP contribution in [0.4, 0.5) is 8.78 Å². The lowest BCUT2D eigenvalue weighted by atomic mass is 10.1. The van der Waals surface area contributed by atoms with Crippen LogP contribution in [-0.4, -0.2) is 18.5 Å². The second-order valence-electron chi connectivity index (χ2n) is 3.81. The highest BCUT2D eigenvalue weighted by Crippen LogP contribution is 2.07. The monoisotopic (exact) mass is 217 g/mol. The van der Waals surface area contributed by atoms with Crippen LogP contribution in [0.15, 0.2) is 22.8 Å². The van der Waals surface area contributed by atoms with Crippen molar-refractivity contribution in [3.63, 3.8) is 0 Å². The van der Waals surface area contributed by atoms with Crippen LogP contribution < -0.4 is 5.32 Å². The van der Waals surface area contributed by atoms with Gasteiger partial charge in [0.15, 0.2) is 0 Å². The Morgan fingerprint density at radius 3 is 2.67 bits per heavy atom. The SMILES string of the molecule is CC(CCc1ccco1)NC(C)C(F)F. The third-order valence-corrected chi connectivity index (χ3v) is 2.33. The Kier molecular flexibility index (Phi) is 4.75. The summed E-state index contributed by atoms with van der Waals surface area (Å²) in [6, 6.07) is 3.04. The Morgan fingerprint density at radius 2 is 2.13 bits per heavy atom. The van der Waals surface area contributed by atoms with E-state index in [1.165, 1.54) is 6.92 Å². The van der Waals surface area contributed by atoms with Crippen molar-refractivity contribution >= 4 is 0 Å². The summed E-state index contributed by atoms with van der Waals surface area (Å²) >= 11 is 0. The van der Waals surface area contributed by atoms with Crippen LogP contribution in [0, 0.1) is 0 Å². The van der Waals surface area contributed by atoms with Crippen molar-refractivity contribution in [3.05, 3.63) is 24.2 Å². The third-order valence-electron chi connectivity index (χ3n) is 2.33. The normalized spacial score (nSPS) is 15.5. The average Bonchev–Trinajstić information content (AvgIpc) is 2.66. The summed E-state index contributed by atoms with van der Waals surface area (Å²) in [5, 5.41) is 2.85. The first kappa shape index (κ1) is 12.2. The smallest absolute Gasteiger partial charge is 0.253 e. The quantitative estimate of drug-likeness (QED) is 0.792. The van der Waals surface area contributed by atoms with Crippen LogP contribution in [0.3, 0.4) is 0 Å². The Morgan fingerprint density at radius 1 is 1.40 bits per heavy atom. The summed E-state index contributed by atoms with van der Waals surface area (Å²) in [4.78, 5) is 0. The highest BCUT2D eigenvalue weighted by atomic mass is 19.3. The van der Waals surface area contributed by atoms with Crippen LogP contribution in [0.1, 0.15) is 26.0 Å². The summed E-state index contributed by atoms with van der Waals surface area (Å²) in [6.07, 6.45) is 0.882. The molecule has 0 aliphatic rings. The zero-order valence-corrected chi connectivity index (χ0v) is 9.04. The summed E-state index contributed by atoms with van der Waals surface area (Å²) < 4.78 is 29.6. The number of hydrogen-bond donors (Lipinski definition) is 1. The maximum absolute atomic E-state index is 12.2. The molecule has 1 aromatic heterocycles. The van der Waals surface area contributed by atoms with Crippen LogP contribution >= 0.6 is 0 Å². The molecule has 0 saturated carbocycles. The zero-order valence-electron chi connectivity index (χ0n) is 9.04. The molecule has 86 valence electrons. The van der Waals surface area contributed by atoms with Crippen LogP contribution in [0.5, 0.6) is 0 Å². The molecule has 1 rings (SSSR count).